The van der Waals surface area contributed by atoms with Gasteiger partial charge in [0, 0.05) is 12.1 Å². The molecule has 0 amide bonds. The van der Waals surface area contributed by atoms with E-state index < -0.39 is 0 Å². The third kappa shape index (κ3) is 3.82. The lowest BCUT2D eigenvalue weighted by Crippen LogP contribution is -2.40. The monoisotopic (exact) mass is 263 g/mol. The summed E-state index contributed by atoms with van der Waals surface area (Å²) in [6, 6.07) is 1.93. The van der Waals surface area contributed by atoms with E-state index in [0.717, 1.165) is 12.8 Å². The molecule has 0 aromatic carbocycles. The zero-order valence-corrected chi connectivity index (χ0v) is 12.6. The van der Waals surface area contributed by atoms with Gasteiger partial charge in [-0.15, -0.1) is 0 Å². The van der Waals surface area contributed by atoms with Crippen molar-refractivity contribution in [3.8, 4) is 0 Å². The molecule has 4 nitrogen and oxygen atoms in total. The van der Waals surface area contributed by atoms with Crippen LogP contribution >= 0.6 is 0 Å². The van der Waals surface area contributed by atoms with Gasteiger partial charge in [-0.05, 0) is 37.0 Å². The molecular weight excluding hydrogens is 238 g/mol. The summed E-state index contributed by atoms with van der Waals surface area (Å²) in [5.74, 6) is 1.35. The highest BCUT2D eigenvalue weighted by Gasteiger charge is 2.38. The van der Waals surface area contributed by atoms with Gasteiger partial charge in [0.1, 0.15) is 11.6 Å². The fraction of sp³-hybridized carbons (Fsp3) is 0.733. The van der Waals surface area contributed by atoms with Crippen molar-refractivity contribution in [1.29, 1.82) is 0 Å². The Kier molecular flexibility index (Phi) is 3.45. The number of aryl methyl sites for hydroxylation is 1. The fourth-order valence-electron chi connectivity index (χ4n) is 3.81. The van der Waals surface area contributed by atoms with E-state index in [1.54, 1.807) is 13.0 Å². The molecule has 4 heteroatoms. The van der Waals surface area contributed by atoms with Gasteiger partial charge < -0.3 is 10.3 Å². The average Bonchev–Trinajstić information content (AvgIpc) is 2.08. The number of H-pyrrole nitrogens is 1. The number of rotatable bonds is 2. The summed E-state index contributed by atoms with van der Waals surface area (Å²) in [6.45, 7) is 11.1. The topological polar surface area (TPSA) is 57.8 Å². The Bertz CT molecular complexity index is 500. The number of anilines is 1. The molecule has 1 aromatic heterocycles. The molecule has 0 atom stereocenters. The quantitative estimate of drug-likeness (QED) is 0.862. The zero-order chi connectivity index (χ0) is 14.3. The van der Waals surface area contributed by atoms with Gasteiger partial charge in [-0.2, -0.15) is 0 Å². The molecule has 0 saturated heterocycles. The second-order valence-corrected chi connectivity index (χ2v) is 7.47. The van der Waals surface area contributed by atoms with Crippen LogP contribution < -0.4 is 10.9 Å². The van der Waals surface area contributed by atoms with Crippen LogP contribution in [-0.4, -0.2) is 16.0 Å². The SMILES string of the molecule is Cc1nc(NC2CC(C)(C)CC(C)(C)C2)cc(=O)[nH]1. The molecule has 1 aliphatic carbocycles. The van der Waals surface area contributed by atoms with Gasteiger partial charge in [0.05, 0.1) is 0 Å². The maximum Gasteiger partial charge on any atom is 0.252 e. The molecule has 1 saturated carbocycles. The third-order valence-corrected chi connectivity index (χ3v) is 3.77. The molecular formula is C15H25N3O. The van der Waals surface area contributed by atoms with Gasteiger partial charge >= 0.3 is 0 Å². The Morgan fingerprint density at radius 2 is 1.84 bits per heavy atom. The lowest BCUT2D eigenvalue weighted by molar-refractivity contribution is 0.105. The largest absolute Gasteiger partial charge is 0.367 e. The van der Waals surface area contributed by atoms with E-state index in [2.05, 4.69) is 43.0 Å². The minimum Gasteiger partial charge on any atom is -0.367 e. The zero-order valence-electron chi connectivity index (χ0n) is 12.6. The maximum atomic E-state index is 11.5. The second-order valence-electron chi connectivity index (χ2n) is 7.47. The highest BCUT2D eigenvalue weighted by Crippen LogP contribution is 2.46. The van der Waals surface area contributed by atoms with Crippen LogP contribution in [0.3, 0.4) is 0 Å². The average molecular weight is 263 g/mol. The summed E-state index contributed by atoms with van der Waals surface area (Å²) in [7, 11) is 0. The molecule has 1 heterocycles. The van der Waals surface area contributed by atoms with Crippen LogP contribution in [0.5, 0.6) is 0 Å². The minimum atomic E-state index is -0.0932. The first-order valence-electron chi connectivity index (χ1n) is 7.00. The molecule has 0 spiro atoms. The Hall–Kier alpha value is -1.32. The third-order valence-electron chi connectivity index (χ3n) is 3.77. The summed E-state index contributed by atoms with van der Waals surface area (Å²) >= 11 is 0. The van der Waals surface area contributed by atoms with Gasteiger partial charge in [0.25, 0.3) is 5.56 Å². The molecule has 19 heavy (non-hydrogen) atoms. The van der Waals surface area contributed by atoms with Gasteiger partial charge in [0.2, 0.25) is 0 Å². The maximum absolute atomic E-state index is 11.5. The smallest absolute Gasteiger partial charge is 0.252 e. The summed E-state index contributed by atoms with van der Waals surface area (Å²) in [5, 5.41) is 3.44. The number of hydrogen-bond acceptors (Lipinski definition) is 3. The fourth-order valence-corrected chi connectivity index (χ4v) is 3.81. The van der Waals surface area contributed by atoms with Crippen LogP contribution in [-0.2, 0) is 0 Å². The van der Waals surface area contributed by atoms with Crippen LogP contribution in [0.4, 0.5) is 5.82 Å². The van der Waals surface area contributed by atoms with E-state index in [0.29, 0.717) is 28.5 Å². The molecule has 1 aromatic rings. The van der Waals surface area contributed by atoms with E-state index >= 15 is 0 Å². The lowest BCUT2D eigenvalue weighted by atomic mass is 9.63. The molecule has 0 radical (unpaired) electrons. The molecule has 2 N–H and O–H groups in total. The van der Waals surface area contributed by atoms with Gasteiger partial charge in [-0.25, -0.2) is 4.98 Å². The van der Waals surface area contributed by atoms with Crippen molar-refractivity contribution in [1.82, 2.24) is 9.97 Å². The number of nitrogens with one attached hydrogen (secondary N) is 2. The highest BCUT2D eigenvalue weighted by molar-refractivity contribution is 5.34. The molecule has 1 aliphatic rings. The predicted octanol–water partition coefficient (Wildman–Crippen LogP) is 3.10. The van der Waals surface area contributed by atoms with Crippen molar-refractivity contribution in [2.24, 2.45) is 10.8 Å². The first-order valence-corrected chi connectivity index (χ1v) is 7.00. The van der Waals surface area contributed by atoms with E-state index in [1.165, 1.54) is 6.42 Å². The number of nitrogens with zero attached hydrogens (tertiary/aromatic N) is 1. The standard InChI is InChI=1S/C15H25N3O/c1-10-16-12(6-13(19)17-10)18-11-7-14(2,3)9-15(4,5)8-11/h6,11H,7-9H2,1-5H3,(H2,16,17,18,19). The van der Waals surface area contributed by atoms with E-state index in [9.17, 15) is 4.79 Å². The van der Waals surface area contributed by atoms with Crippen LogP contribution in [0.15, 0.2) is 10.9 Å². The number of aromatic nitrogens is 2. The molecule has 2 rings (SSSR count). The Morgan fingerprint density at radius 3 is 2.37 bits per heavy atom. The van der Waals surface area contributed by atoms with E-state index in [1.807, 2.05) is 0 Å². The lowest BCUT2D eigenvalue weighted by Gasteiger charge is -2.45. The number of hydrogen-bond donors (Lipinski definition) is 2. The van der Waals surface area contributed by atoms with Crippen LogP contribution in [0, 0.1) is 17.8 Å². The minimum absolute atomic E-state index is 0.0932. The molecule has 0 unspecified atom stereocenters. The van der Waals surface area contributed by atoms with Crippen LogP contribution in [0.1, 0.15) is 52.8 Å². The van der Waals surface area contributed by atoms with E-state index in [-0.39, 0.29) is 5.56 Å². The Morgan fingerprint density at radius 1 is 1.26 bits per heavy atom. The van der Waals surface area contributed by atoms with Crippen LogP contribution in [0.2, 0.25) is 0 Å². The van der Waals surface area contributed by atoms with E-state index in [4.69, 9.17) is 0 Å². The van der Waals surface area contributed by atoms with Crippen molar-refractivity contribution >= 4 is 5.82 Å². The van der Waals surface area contributed by atoms with Crippen molar-refractivity contribution in [2.45, 2.75) is 59.9 Å². The Labute approximate surface area is 115 Å². The normalized spacial score (nSPS) is 22.2. The van der Waals surface area contributed by atoms with Gasteiger partial charge in [0.15, 0.2) is 0 Å². The summed E-state index contributed by atoms with van der Waals surface area (Å²) in [6.07, 6.45) is 3.47. The molecule has 0 aliphatic heterocycles. The van der Waals surface area contributed by atoms with Crippen molar-refractivity contribution in [3.05, 3.63) is 22.2 Å². The summed E-state index contributed by atoms with van der Waals surface area (Å²) in [4.78, 5) is 18.5. The first-order chi connectivity index (χ1) is 8.65. The van der Waals surface area contributed by atoms with Crippen molar-refractivity contribution in [2.75, 3.05) is 5.32 Å². The number of aromatic amines is 1. The second kappa shape index (κ2) is 4.66. The predicted molar refractivity (Wildman–Crippen MR) is 78.4 cm³/mol. The van der Waals surface area contributed by atoms with Gasteiger partial charge in [-0.1, -0.05) is 27.7 Å². The summed E-state index contributed by atoms with van der Waals surface area (Å²) < 4.78 is 0. The Balaban J connectivity index is 2.16. The van der Waals surface area contributed by atoms with Crippen molar-refractivity contribution < 1.29 is 0 Å². The highest BCUT2D eigenvalue weighted by atomic mass is 16.1. The molecule has 0 bridgehead atoms. The van der Waals surface area contributed by atoms with Gasteiger partial charge in [-0.3, -0.25) is 4.79 Å². The van der Waals surface area contributed by atoms with Crippen molar-refractivity contribution in [3.63, 3.8) is 0 Å². The summed E-state index contributed by atoms with van der Waals surface area (Å²) in [5.41, 5.74) is 0.565. The first kappa shape index (κ1) is 14.1. The molecule has 1 fully saturated rings. The van der Waals surface area contributed by atoms with Crippen LogP contribution in [0.25, 0.3) is 0 Å². The molecule has 106 valence electrons.